The zero-order valence-electron chi connectivity index (χ0n) is 7.35. The molecule has 1 fully saturated rings. The van der Waals surface area contributed by atoms with Gasteiger partial charge in [0.1, 0.15) is 0 Å². The molecule has 1 aromatic heterocycles. The molecule has 0 bridgehead atoms. The van der Waals surface area contributed by atoms with E-state index in [1.54, 1.807) is 18.3 Å². The molecule has 1 aromatic rings. The summed E-state index contributed by atoms with van der Waals surface area (Å²) in [5.74, 6) is 0.882. The van der Waals surface area contributed by atoms with Crippen LogP contribution in [-0.4, -0.2) is 29.2 Å². The molecule has 4 nitrogen and oxygen atoms in total. The van der Waals surface area contributed by atoms with Crippen LogP contribution < -0.4 is 10.6 Å². The normalized spacial score (nSPS) is 22.2. The van der Waals surface area contributed by atoms with Gasteiger partial charge in [-0.3, -0.25) is 0 Å². The van der Waals surface area contributed by atoms with Gasteiger partial charge in [-0.05, 0) is 18.6 Å². The lowest BCUT2D eigenvalue weighted by molar-refractivity contribution is 0.472. The number of rotatable bonds is 1. The van der Waals surface area contributed by atoms with Crippen LogP contribution in [0.4, 0.5) is 5.82 Å². The molecule has 1 saturated heterocycles. The van der Waals surface area contributed by atoms with Gasteiger partial charge in [0.15, 0.2) is 11.6 Å². The Balaban J connectivity index is 2.21. The summed E-state index contributed by atoms with van der Waals surface area (Å²) in [6.07, 6.45) is 2.65. The van der Waals surface area contributed by atoms with Gasteiger partial charge < -0.3 is 15.7 Å². The van der Waals surface area contributed by atoms with Gasteiger partial charge in [0.2, 0.25) is 0 Å². The molecule has 1 atom stereocenters. The van der Waals surface area contributed by atoms with Crippen molar-refractivity contribution < 1.29 is 5.11 Å². The topological polar surface area (TPSA) is 62.4 Å². The number of nitrogens with zero attached hydrogens (tertiary/aromatic N) is 2. The van der Waals surface area contributed by atoms with E-state index in [0.717, 1.165) is 19.5 Å². The lowest BCUT2D eigenvalue weighted by Gasteiger charge is -2.17. The third-order valence-electron chi connectivity index (χ3n) is 2.29. The van der Waals surface area contributed by atoms with Crippen molar-refractivity contribution in [3.63, 3.8) is 0 Å². The van der Waals surface area contributed by atoms with Crippen LogP contribution in [0.5, 0.6) is 5.75 Å². The monoisotopic (exact) mass is 179 g/mol. The lowest BCUT2D eigenvalue weighted by Crippen LogP contribution is -2.26. The highest BCUT2D eigenvalue weighted by atomic mass is 16.3. The highest BCUT2D eigenvalue weighted by Crippen LogP contribution is 2.25. The second kappa shape index (κ2) is 3.22. The zero-order chi connectivity index (χ0) is 9.26. The fraction of sp³-hybridized carbons (Fsp3) is 0.444. The predicted octanol–water partition coefficient (Wildman–Crippen LogP) is 0.325. The van der Waals surface area contributed by atoms with Crippen molar-refractivity contribution in [2.45, 2.75) is 12.5 Å². The number of nitrogens with two attached hydrogens (primary N) is 1. The largest absolute Gasteiger partial charge is 0.504 e. The molecule has 70 valence electrons. The molecule has 1 unspecified atom stereocenters. The highest BCUT2D eigenvalue weighted by molar-refractivity contribution is 5.51. The minimum absolute atomic E-state index is 0.210. The summed E-state index contributed by atoms with van der Waals surface area (Å²) in [4.78, 5) is 6.13. The predicted molar refractivity (Wildman–Crippen MR) is 50.7 cm³/mol. The van der Waals surface area contributed by atoms with Gasteiger partial charge in [0.25, 0.3) is 0 Å². The van der Waals surface area contributed by atoms with Crippen molar-refractivity contribution in [3.05, 3.63) is 18.3 Å². The number of aromatic nitrogens is 1. The minimum Gasteiger partial charge on any atom is -0.504 e. The van der Waals surface area contributed by atoms with Crippen LogP contribution in [-0.2, 0) is 0 Å². The molecule has 0 radical (unpaired) electrons. The van der Waals surface area contributed by atoms with Gasteiger partial charge in [-0.15, -0.1) is 0 Å². The zero-order valence-corrected chi connectivity index (χ0v) is 7.35. The summed E-state index contributed by atoms with van der Waals surface area (Å²) in [6, 6.07) is 3.57. The fourth-order valence-electron chi connectivity index (χ4n) is 1.61. The third-order valence-corrected chi connectivity index (χ3v) is 2.29. The first-order valence-corrected chi connectivity index (χ1v) is 4.42. The Morgan fingerprint density at radius 3 is 3.08 bits per heavy atom. The van der Waals surface area contributed by atoms with Gasteiger partial charge in [-0.2, -0.15) is 0 Å². The Kier molecular flexibility index (Phi) is 2.06. The van der Waals surface area contributed by atoms with Crippen LogP contribution in [0.1, 0.15) is 6.42 Å². The molecule has 4 heteroatoms. The number of pyridine rings is 1. The van der Waals surface area contributed by atoms with Gasteiger partial charge in [-0.1, -0.05) is 0 Å². The van der Waals surface area contributed by atoms with Gasteiger partial charge in [0, 0.05) is 25.3 Å². The van der Waals surface area contributed by atoms with Crippen molar-refractivity contribution in [1.29, 1.82) is 0 Å². The maximum absolute atomic E-state index is 9.51. The van der Waals surface area contributed by atoms with Crippen LogP contribution in [0.3, 0.4) is 0 Å². The Bertz CT molecular complexity index is 303. The van der Waals surface area contributed by atoms with E-state index >= 15 is 0 Å². The molecular weight excluding hydrogens is 166 g/mol. The Hall–Kier alpha value is -1.29. The Morgan fingerprint density at radius 1 is 1.62 bits per heavy atom. The molecule has 2 rings (SSSR count). The van der Waals surface area contributed by atoms with E-state index in [1.165, 1.54) is 0 Å². The van der Waals surface area contributed by atoms with E-state index < -0.39 is 0 Å². The van der Waals surface area contributed by atoms with Crippen molar-refractivity contribution in [2.24, 2.45) is 5.73 Å². The molecule has 2 heterocycles. The standard InChI is InChI=1S/C9H13N3O/c10-7-3-5-12(6-7)9-8(13)2-1-4-11-9/h1-2,4,7,13H,3,5-6,10H2. The van der Waals surface area contributed by atoms with E-state index in [-0.39, 0.29) is 11.8 Å². The lowest BCUT2D eigenvalue weighted by atomic mass is 10.3. The number of hydrogen-bond donors (Lipinski definition) is 2. The van der Waals surface area contributed by atoms with Crippen molar-refractivity contribution in [2.75, 3.05) is 18.0 Å². The first-order valence-electron chi connectivity index (χ1n) is 4.42. The quantitative estimate of drug-likeness (QED) is 0.652. The summed E-state index contributed by atoms with van der Waals surface area (Å²) in [7, 11) is 0. The maximum Gasteiger partial charge on any atom is 0.171 e. The Labute approximate surface area is 77.0 Å². The molecule has 0 saturated carbocycles. The van der Waals surface area contributed by atoms with E-state index in [1.807, 2.05) is 4.90 Å². The van der Waals surface area contributed by atoms with Crippen LogP contribution in [0.25, 0.3) is 0 Å². The molecule has 1 aliphatic heterocycles. The fourth-order valence-corrected chi connectivity index (χ4v) is 1.61. The summed E-state index contributed by atoms with van der Waals surface area (Å²) < 4.78 is 0. The van der Waals surface area contributed by atoms with Crippen LogP contribution in [0.15, 0.2) is 18.3 Å². The van der Waals surface area contributed by atoms with Crippen LogP contribution in [0, 0.1) is 0 Å². The first kappa shape index (κ1) is 8.31. The molecular formula is C9H13N3O. The molecule has 0 spiro atoms. The summed E-state index contributed by atoms with van der Waals surface area (Å²) in [5, 5.41) is 9.51. The van der Waals surface area contributed by atoms with Crippen molar-refractivity contribution in [3.8, 4) is 5.75 Å². The first-order chi connectivity index (χ1) is 6.27. The number of hydrogen-bond acceptors (Lipinski definition) is 4. The average molecular weight is 179 g/mol. The second-order valence-corrected chi connectivity index (χ2v) is 3.34. The highest BCUT2D eigenvalue weighted by Gasteiger charge is 2.21. The minimum atomic E-state index is 0.210. The molecule has 0 amide bonds. The number of aromatic hydroxyl groups is 1. The third kappa shape index (κ3) is 1.58. The SMILES string of the molecule is NC1CCN(c2ncccc2O)C1. The second-order valence-electron chi connectivity index (χ2n) is 3.34. The van der Waals surface area contributed by atoms with Crippen LogP contribution >= 0.6 is 0 Å². The van der Waals surface area contributed by atoms with Gasteiger partial charge >= 0.3 is 0 Å². The molecule has 13 heavy (non-hydrogen) atoms. The molecule has 0 aliphatic carbocycles. The summed E-state index contributed by atoms with van der Waals surface area (Å²) in [5.41, 5.74) is 5.76. The van der Waals surface area contributed by atoms with Crippen molar-refractivity contribution in [1.82, 2.24) is 4.98 Å². The van der Waals surface area contributed by atoms with Gasteiger partial charge in [0.05, 0.1) is 0 Å². The van der Waals surface area contributed by atoms with Crippen molar-refractivity contribution >= 4 is 5.82 Å². The molecule has 0 aromatic carbocycles. The number of anilines is 1. The molecule has 3 N–H and O–H groups in total. The van der Waals surface area contributed by atoms with E-state index in [9.17, 15) is 5.11 Å². The van der Waals surface area contributed by atoms with E-state index in [4.69, 9.17) is 5.73 Å². The van der Waals surface area contributed by atoms with E-state index in [2.05, 4.69) is 4.98 Å². The average Bonchev–Trinajstić information content (AvgIpc) is 2.53. The molecule has 1 aliphatic rings. The summed E-state index contributed by atoms with van der Waals surface area (Å²) >= 11 is 0. The maximum atomic E-state index is 9.51. The van der Waals surface area contributed by atoms with E-state index in [0.29, 0.717) is 5.82 Å². The smallest absolute Gasteiger partial charge is 0.171 e. The van der Waals surface area contributed by atoms with Gasteiger partial charge in [-0.25, -0.2) is 4.98 Å². The Morgan fingerprint density at radius 2 is 2.46 bits per heavy atom. The summed E-state index contributed by atoms with van der Waals surface area (Å²) in [6.45, 7) is 1.66. The van der Waals surface area contributed by atoms with Crippen LogP contribution in [0.2, 0.25) is 0 Å².